The van der Waals surface area contributed by atoms with Gasteiger partial charge in [0, 0.05) is 6.54 Å². The van der Waals surface area contributed by atoms with Gasteiger partial charge in [-0.25, -0.2) is 4.98 Å². The molecule has 1 amide bonds. The molecule has 1 N–H and O–H groups in total. The number of rotatable bonds is 4. The molecule has 3 rings (SSSR count). The Morgan fingerprint density at radius 2 is 1.69 bits per heavy atom. The van der Waals surface area contributed by atoms with Gasteiger partial charge in [0.05, 0.1) is 11.0 Å². The van der Waals surface area contributed by atoms with E-state index in [0.29, 0.717) is 0 Å². The predicted octanol–water partition coefficient (Wildman–Crippen LogP) is 2.73. The van der Waals surface area contributed by atoms with E-state index in [1.54, 1.807) is 30.3 Å². The van der Waals surface area contributed by atoms with Gasteiger partial charge in [-0.05, 0) is 17.7 Å². The van der Waals surface area contributed by atoms with Crippen molar-refractivity contribution in [2.75, 3.05) is 0 Å². The minimum absolute atomic E-state index is 0.00437. The summed E-state index contributed by atoms with van der Waals surface area (Å²) in [4.78, 5) is 27.8. The fourth-order valence-corrected chi connectivity index (χ4v) is 2.53. The van der Waals surface area contributed by atoms with Gasteiger partial charge in [0.2, 0.25) is 11.6 Å². The van der Waals surface area contributed by atoms with Gasteiger partial charge in [-0.15, -0.1) is 0 Å². The van der Waals surface area contributed by atoms with E-state index in [1.165, 1.54) is 18.2 Å². The first-order valence-electron chi connectivity index (χ1n) is 7.73. The van der Waals surface area contributed by atoms with Crippen molar-refractivity contribution in [1.29, 1.82) is 0 Å². The van der Waals surface area contributed by atoms with E-state index in [0.717, 1.165) is 10.1 Å². The number of hydrogen-bond acceptors (Lipinski definition) is 3. The minimum atomic E-state index is -4.90. The largest absolute Gasteiger partial charge is 0.438 e. The summed E-state index contributed by atoms with van der Waals surface area (Å²) in [5.74, 6) is -0.569. The van der Waals surface area contributed by atoms with E-state index in [4.69, 9.17) is 0 Å². The molecule has 3 aromatic rings. The lowest BCUT2D eigenvalue weighted by molar-refractivity contribution is -0.142. The van der Waals surface area contributed by atoms with Crippen molar-refractivity contribution in [3.05, 3.63) is 76.2 Å². The van der Waals surface area contributed by atoms with Crippen LogP contribution in [0.3, 0.4) is 0 Å². The van der Waals surface area contributed by atoms with E-state index in [9.17, 15) is 22.8 Å². The van der Waals surface area contributed by atoms with Crippen LogP contribution in [0.1, 0.15) is 11.3 Å². The number of carbonyl (C=O) groups is 1. The smallest absolute Gasteiger partial charge is 0.350 e. The highest BCUT2D eigenvalue weighted by atomic mass is 19.4. The third kappa shape index (κ3) is 3.74. The summed E-state index contributed by atoms with van der Waals surface area (Å²) in [6.07, 6.45) is -4.90. The van der Waals surface area contributed by atoms with Crippen LogP contribution in [0.2, 0.25) is 0 Å². The van der Waals surface area contributed by atoms with Gasteiger partial charge in [-0.3, -0.25) is 14.2 Å². The van der Waals surface area contributed by atoms with Crippen molar-refractivity contribution in [3.8, 4) is 0 Å². The van der Waals surface area contributed by atoms with Crippen LogP contribution in [0.5, 0.6) is 0 Å². The first kappa shape index (κ1) is 17.7. The number of para-hydroxylation sites is 2. The van der Waals surface area contributed by atoms with Gasteiger partial charge in [0.1, 0.15) is 6.54 Å². The molecule has 1 heterocycles. The minimum Gasteiger partial charge on any atom is -0.350 e. The van der Waals surface area contributed by atoms with Crippen LogP contribution in [0, 0.1) is 0 Å². The molecule has 134 valence electrons. The molecule has 0 fully saturated rings. The van der Waals surface area contributed by atoms with Gasteiger partial charge in [-0.1, -0.05) is 42.5 Å². The molecule has 0 aliphatic rings. The number of nitrogens with zero attached hydrogens (tertiary/aromatic N) is 2. The van der Waals surface area contributed by atoms with Crippen LogP contribution in [-0.2, 0) is 24.1 Å². The number of hydrogen-bond donors (Lipinski definition) is 1. The van der Waals surface area contributed by atoms with Crippen molar-refractivity contribution in [3.63, 3.8) is 0 Å². The standard InChI is InChI=1S/C18H14F3N3O2/c19-18(20,21)16-17(26)24(14-9-5-4-8-13(14)23-16)11-15(25)22-10-12-6-2-1-3-7-12/h1-9H,10-11H2,(H,22,25). The first-order valence-corrected chi connectivity index (χ1v) is 7.73. The van der Waals surface area contributed by atoms with Gasteiger partial charge >= 0.3 is 6.18 Å². The van der Waals surface area contributed by atoms with E-state index in [1.807, 2.05) is 6.07 Å². The second-order valence-corrected chi connectivity index (χ2v) is 5.60. The number of nitrogens with one attached hydrogen (secondary N) is 1. The van der Waals surface area contributed by atoms with E-state index in [2.05, 4.69) is 10.3 Å². The van der Waals surface area contributed by atoms with E-state index in [-0.39, 0.29) is 17.6 Å². The fourth-order valence-electron chi connectivity index (χ4n) is 2.53. The SMILES string of the molecule is O=C(Cn1c(=O)c(C(F)(F)F)nc2ccccc21)NCc1ccccc1. The average Bonchev–Trinajstić information content (AvgIpc) is 2.62. The molecule has 8 heteroatoms. The Balaban J connectivity index is 1.92. The Hall–Kier alpha value is -3.16. The van der Waals surface area contributed by atoms with Crippen LogP contribution >= 0.6 is 0 Å². The number of aromatic nitrogens is 2. The summed E-state index contributed by atoms with van der Waals surface area (Å²) < 4.78 is 40.1. The van der Waals surface area contributed by atoms with E-state index < -0.39 is 29.9 Å². The van der Waals surface area contributed by atoms with Crippen LogP contribution in [0.15, 0.2) is 59.4 Å². The summed E-state index contributed by atoms with van der Waals surface area (Å²) in [5, 5.41) is 2.60. The maximum Gasteiger partial charge on any atom is 0.438 e. The first-order chi connectivity index (χ1) is 12.4. The van der Waals surface area contributed by atoms with Crippen LogP contribution in [-0.4, -0.2) is 15.5 Å². The maximum atomic E-state index is 13.1. The van der Waals surface area contributed by atoms with Crippen molar-refractivity contribution in [1.82, 2.24) is 14.9 Å². The van der Waals surface area contributed by atoms with Crippen molar-refractivity contribution in [2.45, 2.75) is 19.3 Å². The summed E-state index contributed by atoms with van der Waals surface area (Å²) in [7, 11) is 0. The Morgan fingerprint density at radius 1 is 1.04 bits per heavy atom. The molecule has 0 spiro atoms. The zero-order valence-corrected chi connectivity index (χ0v) is 13.5. The summed E-state index contributed by atoms with van der Waals surface area (Å²) in [5.41, 5.74) is -1.88. The number of alkyl halides is 3. The normalized spacial score (nSPS) is 11.5. The number of halogens is 3. The van der Waals surface area contributed by atoms with Crippen LogP contribution in [0.25, 0.3) is 11.0 Å². The number of fused-ring (bicyclic) bond motifs is 1. The molecule has 26 heavy (non-hydrogen) atoms. The second kappa shape index (κ2) is 6.99. The van der Waals surface area contributed by atoms with E-state index >= 15 is 0 Å². The molecule has 0 unspecified atom stereocenters. The van der Waals surface area contributed by atoms with Gasteiger partial charge in [0.25, 0.3) is 5.56 Å². The van der Waals surface area contributed by atoms with Crippen LogP contribution in [0.4, 0.5) is 13.2 Å². The summed E-state index contributed by atoms with van der Waals surface area (Å²) >= 11 is 0. The van der Waals surface area contributed by atoms with Crippen molar-refractivity contribution >= 4 is 16.9 Å². The zero-order chi connectivity index (χ0) is 18.7. The maximum absolute atomic E-state index is 13.1. The van der Waals surface area contributed by atoms with Crippen LogP contribution < -0.4 is 10.9 Å². The molecule has 0 atom stereocenters. The Kier molecular flexibility index (Phi) is 4.75. The Morgan fingerprint density at radius 3 is 2.38 bits per heavy atom. The topological polar surface area (TPSA) is 64.0 Å². The Bertz CT molecular complexity index is 998. The molecule has 1 aromatic heterocycles. The highest BCUT2D eigenvalue weighted by molar-refractivity contribution is 5.80. The highest BCUT2D eigenvalue weighted by Crippen LogP contribution is 2.26. The third-order valence-electron chi connectivity index (χ3n) is 3.76. The number of amides is 1. The van der Waals surface area contributed by atoms with Gasteiger partial charge in [0.15, 0.2) is 0 Å². The molecule has 0 aliphatic heterocycles. The molecule has 2 aromatic carbocycles. The average molecular weight is 361 g/mol. The summed E-state index contributed by atoms with van der Waals surface area (Å²) in [6, 6.07) is 14.9. The molecular formula is C18H14F3N3O2. The van der Waals surface area contributed by atoms with Gasteiger partial charge in [-0.2, -0.15) is 13.2 Å². The fraction of sp³-hybridized carbons (Fsp3) is 0.167. The predicted molar refractivity (Wildman–Crippen MR) is 89.3 cm³/mol. The van der Waals surface area contributed by atoms with Gasteiger partial charge < -0.3 is 5.32 Å². The molecular weight excluding hydrogens is 347 g/mol. The van der Waals surface area contributed by atoms with Crippen molar-refractivity contribution in [2.24, 2.45) is 0 Å². The lowest BCUT2D eigenvalue weighted by Crippen LogP contribution is -2.36. The molecule has 0 aliphatic carbocycles. The summed E-state index contributed by atoms with van der Waals surface area (Å²) in [6.45, 7) is -0.318. The number of benzene rings is 2. The Labute approximate surface area is 146 Å². The lowest BCUT2D eigenvalue weighted by atomic mass is 10.2. The second-order valence-electron chi connectivity index (χ2n) is 5.60. The molecule has 0 saturated heterocycles. The lowest BCUT2D eigenvalue weighted by Gasteiger charge is -2.13. The third-order valence-corrected chi connectivity index (χ3v) is 3.76. The van der Waals surface area contributed by atoms with Crippen molar-refractivity contribution < 1.29 is 18.0 Å². The number of carbonyl (C=O) groups excluding carboxylic acids is 1. The zero-order valence-electron chi connectivity index (χ0n) is 13.5. The molecule has 0 saturated carbocycles. The molecule has 5 nitrogen and oxygen atoms in total. The highest BCUT2D eigenvalue weighted by Gasteiger charge is 2.37. The molecule has 0 radical (unpaired) electrons. The molecule has 0 bridgehead atoms. The monoisotopic (exact) mass is 361 g/mol. The quantitative estimate of drug-likeness (QED) is 0.777.